The molecule has 0 aromatic heterocycles. The minimum absolute atomic E-state index is 0.206. The third kappa shape index (κ3) is 1.06. The maximum Gasteiger partial charge on any atom is 0.0684 e. The lowest BCUT2D eigenvalue weighted by Crippen LogP contribution is -2.06. The molecule has 10 heavy (non-hydrogen) atoms. The van der Waals surface area contributed by atoms with Crippen molar-refractivity contribution in [1.29, 1.82) is 0 Å². The number of aliphatic hydroxyl groups is 2. The highest BCUT2D eigenvalue weighted by molar-refractivity contribution is 5.07. The lowest BCUT2D eigenvalue weighted by Gasteiger charge is -1.98. The van der Waals surface area contributed by atoms with E-state index in [-0.39, 0.29) is 6.61 Å². The first kappa shape index (κ1) is 8.02. The van der Waals surface area contributed by atoms with E-state index in [0.717, 1.165) is 12.8 Å². The van der Waals surface area contributed by atoms with Crippen LogP contribution in [-0.2, 0) is 0 Å². The summed E-state index contributed by atoms with van der Waals surface area (Å²) >= 11 is 0. The summed E-state index contributed by atoms with van der Waals surface area (Å²) in [6, 6.07) is 0. The molecule has 60 valence electrons. The van der Waals surface area contributed by atoms with Gasteiger partial charge in [-0.3, -0.25) is 0 Å². The highest BCUT2D eigenvalue weighted by atomic mass is 16.3. The Morgan fingerprint density at radius 2 is 2.00 bits per heavy atom. The van der Waals surface area contributed by atoms with Crippen molar-refractivity contribution < 1.29 is 10.2 Å². The Balaban J connectivity index is 2.37. The number of hydrogen-bond donors (Lipinski definition) is 2. The largest absolute Gasteiger partial charge is 0.396 e. The minimum atomic E-state index is -0.475. The molecule has 0 aromatic carbocycles. The van der Waals surface area contributed by atoms with Crippen molar-refractivity contribution in [3.05, 3.63) is 0 Å². The van der Waals surface area contributed by atoms with E-state index < -0.39 is 5.60 Å². The summed E-state index contributed by atoms with van der Waals surface area (Å²) in [5, 5.41) is 18.2. The van der Waals surface area contributed by atoms with Crippen molar-refractivity contribution in [2.24, 2.45) is 11.8 Å². The summed E-state index contributed by atoms with van der Waals surface area (Å²) < 4.78 is 0. The Morgan fingerprint density at radius 1 is 1.40 bits per heavy atom. The second-order valence-corrected chi connectivity index (χ2v) is 3.36. The summed E-state index contributed by atoms with van der Waals surface area (Å²) in [6.07, 6.45) is 1.78. The molecular weight excluding hydrogens is 128 g/mol. The van der Waals surface area contributed by atoms with Gasteiger partial charge in [0.1, 0.15) is 0 Å². The molecule has 3 atom stereocenters. The molecule has 0 radical (unpaired) electrons. The summed E-state index contributed by atoms with van der Waals surface area (Å²) in [4.78, 5) is 0. The summed E-state index contributed by atoms with van der Waals surface area (Å²) in [5.41, 5.74) is -0.475. The molecule has 0 heterocycles. The van der Waals surface area contributed by atoms with Gasteiger partial charge in [-0.1, -0.05) is 13.3 Å². The fourth-order valence-electron chi connectivity index (χ4n) is 2.01. The van der Waals surface area contributed by atoms with E-state index in [2.05, 4.69) is 6.92 Å². The third-order valence-electron chi connectivity index (χ3n) is 2.76. The molecule has 2 nitrogen and oxygen atoms in total. The molecular formula is C8H16O2. The second kappa shape index (κ2) is 2.51. The Morgan fingerprint density at radius 3 is 2.30 bits per heavy atom. The standard InChI is InChI=1S/C8H16O2/c1-3-6-7(4-5-9)8(6,2)10/h6-7,9-10H,3-5H2,1-2H3/t6-,7+,8+/m0/s1. The van der Waals surface area contributed by atoms with Gasteiger partial charge in [-0.2, -0.15) is 0 Å². The number of hydrogen-bond acceptors (Lipinski definition) is 2. The van der Waals surface area contributed by atoms with Crippen LogP contribution in [0.25, 0.3) is 0 Å². The van der Waals surface area contributed by atoms with Gasteiger partial charge in [0, 0.05) is 6.61 Å². The average molecular weight is 144 g/mol. The van der Waals surface area contributed by atoms with E-state index in [1.54, 1.807) is 0 Å². The molecule has 1 rings (SSSR count). The van der Waals surface area contributed by atoms with Gasteiger partial charge in [0.05, 0.1) is 5.60 Å². The van der Waals surface area contributed by atoms with Crippen molar-refractivity contribution in [2.45, 2.75) is 32.3 Å². The zero-order valence-electron chi connectivity index (χ0n) is 6.67. The van der Waals surface area contributed by atoms with Gasteiger partial charge < -0.3 is 10.2 Å². The normalized spacial score (nSPS) is 45.6. The Hall–Kier alpha value is -0.0800. The molecule has 0 bridgehead atoms. The van der Waals surface area contributed by atoms with E-state index in [9.17, 15) is 5.11 Å². The molecule has 0 aliphatic heterocycles. The van der Waals surface area contributed by atoms with Crippen LogP contribution in [0, 0.1) is 11.8 Å². The molecule has 1 aliphatic rings. The van der Waals surface area contributed by atoms with Crippen LogP contribution in [-0.4, -0.2) is 22.4 Å². The van der Waals surface area contributed by atoms with Crippen LogP contribution in [0.1, 0.15) is 26.7 Å². The van der Waals surface area contributed by atoms with Gasteiger partial charge >= 0.3 is 0 Å². The summed E-state index contributed by atoms with van der Waals surface area (Å²) in [5.74, 6) is 0.780. The highest BCUT2D eigenvalue weighted by Crippen LogP contribution is 2.53. The SMILES string of the molecule is CC[C@H]1[C@@H](CCO)[C@]1(C)O. The van der Waals surface area contributed by atoms with Crippen molar-refractivity contribution in [3.63, 3.8) is 0 Å². The van der Waals surface area contributed by atoms with Crippen molar-refractivity contribution in [1.82, 2.24) is 0 Å². The zero-order chi connectivity index (χ0) is 7.78. The predicted octanol–water partition coefficient (Wildman–Crippen LogP) is 0.776. The highest BCUT2D eigenvalue weighted by Gasteiger charge is 2.58. The molecule has 0 unspecified atom stereocenters. The topological polar surface area (TPSA) is 40.5 Å². The van der Waals surface area contributed by atoms with Gasteiger partial charge in [0.25, 0.3) is 0 Å². The predicted molar refractivity (Wildman–Crippen MR) is 39.6 cm³/mol. The maximum atomic E-state index is 9.57. The molecule has 1 aliphatic carbocycles. The van der Waals surface area contributed by atoms with Crippen LogP contribution < -0.4 is 0 Å². The van der Waals surface area contributed by atoms with Crippen molar-refractivity contribution in [3.8, 4) is 0 Å². The Labute approximate surface area is 61.9 Å². The molecule has 1 saturated carbocycles. The van der Waals surface area contributed by atoms with Gasteiger partial charge in [0.2, 0.25) is 0 Å². The van der Waals surface area contributed by atoms with Gasteiger partial charge in [-0.05, 0) is 25.2 Å². The van der Waals surface area contributed by atoms with E-state index in [0.29, 0.717) is 11.8 Å². The third-order valence-corrected chi connectivity index (χ3v) is 2.76. The van der Waals surface area contributed by atoms with E-state index >= 15 is 0 Å². The van der Waals surface area contributed by atoms with Crippen molar-refractivity contribution >= 4 is 0 Å². The van der Waals surface area contributed by atoms with Gasteiger partial charge in [0.15, 0.2) is 0 Å². The first-order valence-electron chi connectivity index (χ1n) is 3.97. The molecule has 2 N–H and O–H groups in total. The smallest absolute Gasteiger partial charge is 0.0684 e. The molecule has 0 amide bonds. The van der Waals surface area contributed by atoms with E-state index in [1.807, 2.05) is 6.92 Å². The molecule has 0 saturated heterocycles. The zero-order valence-corrected chi connectivity index (χ0v) is 6.67. The van der Waals surface area contributed by atoms with Crippen LogP contribution in [0.5, 0.6) is 0 Å². The minimum Gasteiger partial charge on any atom is -0.396 e. The van der Waals surface area contributed by atoms with E-state index in [1.165, 1.54) is 0 Å². The molecule has 0 aromatic rings. The van der Waals surface area contributed by atoms with Crippen LogP contribution in [0.15, 0.2) is 0 Å². The molecule has 2 heteroatoms. The van der Waals surface area contributed by atoms with E-state index in [4.69, 9.17) is 5.11 Å². The molecule has 0 spiro atoms. The maximum absolute atomic E-state index is 9.57. The van der Waals surface area contributed by atoms with Crippen LogP contribution in [0.4, 0.5) is 0 Å². The second-order valence-electron chi connectivity index (χ2n) is 3.36. The lowest BCUT2D eigenvalue weighted by molar-refractivity contribution is 0.131. The monoisotopic (exact) mass is 144 g/mol. The van der Waals surface area contributed by atoms with Crippen LogP contribution in [0.2, 0.25) is 0 Å². The van der Waals surface area contributed by atoms with Crippen molar-refractivity contribution in [2.75, 3.05) is 6.61 Å². The van der Waals surface area contributed by atoms with Gasteiger partial charge in [-0.15, -0.1) is 0 Å². The fourth-order valence-corrected chi connectivity index (χ4v) is 2.01. The quantitative estimate of drug-likeness (QED) is 0.614. The van der Waals surface area contributed by atoms with Crippen LogP contribution in [0.3, 0.4) is 0 Å². The number of aliphatic hydroxyl groups excluding tert-OH is 1. The summed E-state index contributed by atoms with van der Waals surface area (Å²) in [7, 11) is 0. The van der Waals surface area contributed by atoms with Gasteiger partial charge in [-0.25, -0.2) is 0 Å². The molecule has 1 fully saturated rings. The fraction of sp³-hybridized carbons (Fsp3) is 1.00. The first-order chi connectivity index (χ1) is 4.64. The Kier molecular flexibility index (Phi) is 2.02. The number of rotatable bonds is 3. The van der Waals surface area contributed by atoms with Crippen LogP contribution >= 0.6 is 0 Å². The average Bonchev–Trinajstić information content (AvgIpc) is 2.36. The lowest BCUT2D eigenvalue weighted by atomic mass is 10.2. The summed E-state index contributed by atoms with van der Waals surface area (Å²) in [6.45, 7) is 4.15. The first-order valence-corrected chi connectivity index (χ1v) is 3.97. The Bertz CT molecular complexity index is 120.